The molecule has 148 valence electrons. The molecule has 3 rings (SSSR count). The highest BCUT2D eigenvalue weighted by atomic mass is 32.1. The van der Waals surface area contributed by atoms with E-state index in [-0.39, 0.29) is 12.6 Å². The zero-order chi connectivity index (χ0) is 20.8. The van der Waals surface area contributed by atoms with E-state index in [4.69, 9.17) is 10.5 Å². The van der Waals surface area contributed by atoms with Gasteiger partial charge in [-0.3, -0.25) is 0 Å². The maximum Gasteiger partial charge on any atom is 0.348 e. The van der Waals surface area contributed by atoms with Gasteiger partial charge in [-0.25, -0.2) is 4.79 Å². The fraction of sp³-hybridized carbons (Fsp3) is 0.217. The van der Waals surface area contributed by atoms with Gasteiger partial charge in [0, 0.05) is 12.1 Å². The third-order valence-corrected chi connectivity index (χ3v) is 5.67. The first kappa shape index (κ1) is 20.6. The number of nitrogens with zero attached hydrogens (tertiary/aromatic N) is 1. The normalized spacial score (nSPS) is 11.6. The minimum atomic E-state index is -0.450. The van der Waals surface area contributed by atoms with Gasteiger partial charge in [-0.05, 0) is 25.0 Å². The number of ether oxygens (including phenoxy) is 1. The molecule has 1 aromatic heterocycles. The van der Waals surface area contributed by atoms with E-state index in [1.54, 1.807) is 6.92 Å². The minimum Gasteiger partial charge on any atom is -0.462 e. The Balaban J connectivity index is 1.95. The summed E-state index contributed by atoms with van der Waals surface area (Å²) in [5.74, 6) is -0.450. The molecule has 0 aliphatic heterocycles. The number of rotatable bonds is 7. The van der Waals surface area contributed by atoms with Gasteiger partial charge in [0.05, 0.1) is 18.2 Å². The fourth-order valence-electron chi connectivity index (χ4n) is 3.17. The number of aryl methyl sites for hydroxylation is 1. The van der Waals surface area contributed by atoms with Crippen molar-refractivity contribution in [2.75, 3.05) is 12.3 Å². The summed E-state index contributed by atoms with van der Waals surface area (Å²) in [6, 6.07) is 20.4. The molecule has 3 aromatic rings. The van der Waals surface area contributed by atoms with Gasteiger partial charge in [0.15, 0.2) is 0 Å². The molecule has 1 heterocycles. The van der Waals surface area contributed by atoms with E-state index < -0.39 is 5.97 Å². The first-order chi connectivity index (χ1) is 14.0. The lowest BCUT2D eigenvalue weighted by molar-refractivity contribution is 0.0530. The quantitative estimate of drug-likeness (QED) is 0.562. The first-order valence-electron chi connectivity index (χ1n) is 9.38. The van der Waals surface area contributed by atoms with Crippen molar-refractivity contribution in [3.8, 4) is 6.07 Å². The van der Waals surface area contributed by atoms with E-state index in [2.05, 4.69) is 47.8 Å². The van der Waals surface area contributed by atoms with Crippen LogP contribution in [-0.4, -0.2) is 12.6 Å². The molecule has 2 aromatic carbocycles. The number of hydrogen-bond donors (Lipinski definition) is 2. The second kappa shape index (κ2) is 9.37. The predicted molar refractivity (Wildman–Crippen MR) is 116 cm³/mol. The summed E-state index contributed by atoms with van der Waals surface area (Å²) < 4.78 is 5.15. The number of carbonyl (C=O) groups excluding carboxylic acids is 1. The van der Waals surface area contributed by atoms with Crippen LogP contribution in [0, 0.1) is 18.3 Å². The van der Waals surface area contributed by atoms with Crippen LogP contribution in [0.25, 0.3) is 0 Å². The maximum absolute atomic E-state index is 12.4. The summed E-state index contributed by atoms with van der Waals surface area (Å²) in [6.07, 6.45) is 0. The third kappa shape index (κ3) is 4.65. The number of anilines is 1. The summed E-state index contributed by atoms with van der Waals surface area (Å²) in [5, 5.41) is 13.4. The van der Waals surface area contributed by atoms with Crippen LogP contribution in [0.4, 0.5) is 5.00 Å². The first-order valence-corrected chi connectivity index (χ1v) is 10.2. The molecule has 0 spiro atoms. The average Bonchev–Trinajstić information content (AvgIpc) is 3.06. The number of benzene rings is 2. The molecule has 29 heavy (non-hydrogen) atoms. The Morgan fingerprint density at radius 2 is 1.83 bits per heavy atom. The number of thiophene rings is 1. The SMILES string of the molecule is CCOC(=O)c1sc(N)c(C#N)c1CN[C@H](c1ccccc1)c1ccc(C)cc1. The number of hydrogen-bond acceptors (Lipinski definition) is 6. The molecular formula is C23H23N3O2S. The molecule has 0 saturated carbocycles. The zero-order valence-corrected chi connectivity index (χ0v) is 17.3. The van der Waals surface area contributed by atoms with Crippen molar-refractivity contribution in [3.05, 3.63) is 87.3 Å². The van der Waals surface area contributed by atoms with Gasteiger partial charge in [0.25, 0.3) is 0 Å². The summed E-state index contributed by atoms with van der Waals surface area (Å²) >= 11 is 1.10. The molecule has 1 atom stereocenters. The predicted octanol–water partition coefficient (Wildman–Crippen LogP) is 4.57. The van der Waals surface area contributed by atoms with Crippen LogP contribution in [0.3, 0.4) is 0 Å². The molecular weight excluding hydrogens is 382 g/mol. The number of carbonyl (C=O) groups is 1. The Hall–Kier alpha value is -3.14. The summed E-state index contributed by atoms with van der Waals surface area (Å²) in [4.78, 5) is 12.7. The average molecular weight is 406 g/mol. The van der Waals surface area contributed by atoms with Gasteiger partial charge in [0.1, 0.15) is 15.9 Å². The highest BCUT2D eigenvalue weighted by molar-refractivity contribution is 7.18. The number of nitrogens with two attached hydrogens (primary N) is 1. The summed E-state index contributed by atoms with van der Waals surface area (Å²) in [6.45, 7) is 4.38. The van der Waals surface area contributed by atoms with Crippen LogP contribution in [-0.2, 0) is 11.3 Å². The van der Waals surface area contributed by atoms with Gasteiger partial charge in [-0.1, -0.05) is 60.2 Å². The number of nitrogens with one attached hydrogen (secondary N) is 1. The Morgan fingerprint density at radius 1 is 1.17 bits per heavy atom. The zero-order valence-electron chi connectivity index (χ0n) is 16.4. The van der Waals surface area contributed by atoms with Gasteiger partial charge in [-0.2, -0.15) is 5.26 Å². The number of nitriles is 1. The molecule has 0 bridgehead atoms. The van der Waals surface area contributed by atoms with Crippen molar-refractivity contribution < 1.29 is 9.53 Å². The van der Waals surface area contributed by atoms with E-state index >= 15 is 0 Å². The minimum absolute atomic E-state index is 0.0977. The van der Waals surface area contributed by atoms with Crippen molar-refractivity contribution in [2.24, 2.45) is 0 Å². The monoisotopic (exact) mass is 405 g/mol. The van der Waals surface area contributed by atoms with Gasteiger partial charge < -0.3 is 15.8 Å². The Bertz CT molecular complexity index is 1020. The van der Waals surface area contributed by atoms with Crippen LogP contribution in [0.1, 0.15) is 50.5 Å². The van der Waals surface area contributed by atoms with E-state index in [1.165, 1.54) is 5.56 Å². The van der Waals surface area contributed by atoms with E-state index in [0.717, 1.165) is 22.5 Å². The largest absolute Gasteiger partial charge is 0.462 e. The topological polar surface area (TPSA) is 88.1 Å². The van der Waals surface area contributed by atoms with Crippen LogP contribution in [0.15, 0.2) is 54.6 Å². The highest BCUT2D eigenvalue weighted by Crippen LogP contribution is 2.32. The van der Waals surface area contributed by atoms with Crippen molar-refractivity contribution in [2.45, 2.75) is 26.4 Å². The van der Waals surface area contributed by atoms with Gasteiger partial charge in [-0.15, -0.1) is 11.3 Å². The fourth-order valence-corrected chi connectivity index (χ4v) is 4.10. The molecule has 0 radical (unpaired) electrons. The van der Waals surface area contributed by atoms with Gasteiger partial charge >= 0.3 is 5.97 Å². The Morgan fingerprint density at radius 3 is 2.45 bits per heavy atom. The molecule has 0 aliphatic carbocycles. The lowest BCUT2D eigenvalue weighted by Gasteiger charge is -2.20. The lowest BCUT2D eigenvalue weighted by atomic mass is 9.97. The van der Waals surface area contributed by atoms with Crippen LogP contribution in [0.5, 0.6) is 0 Å². The molecule has 0 unspecified atom stereocenters. The van der Waals surface area contributed by atoms with Crippen molar-refractivity contribution in [1.82, 2.24) is 5.32 Å². The van der Waals surface area contributed by atoms with Crippen LogP contribution < -0.4 is 11.1 Å². The maximum atomic E-state index is 12.4. The Kier molecular flexibility index (Phi) is 6.65. The summed E-state index contributed by atoms with van der Waals surface area (Å²) in [5.41, 5.74) is 10.3. The molecule has 0 fully saturated rings. The van der Waals surface area contributed by atoms with E-state index in [0.29, 0.717) is 27.5 Å². The third-order valence-electron chi connectivity index (χ3n) is 4.63. The molecule has 0 aliphatic rings. The second-order valence-corrected chi connectivity index (χ2v) is 7.67. The van der Waals surface area contributed by atoms with Crippen LogP contribution in [0.2, 0.25) is 0 Å². The number of nitrogen functional groups attached to an aromatic ring is 1. The van der Waals surface area contributed by atoms with E-state index in [9.17, 15) is 10.1 Å². The van der Waals surface area contributed by atoms with Crippen molar-refractivity contribution in [1.29, 1.82) is 5.26 Å². The second-order valence-electron chi connectivity index (χ2n) is 6.62. The van der Waals surface area contributed by atoms with Crippen molar-refractivity contribution in [3.63, 3.8) is 0 Å². The number of esters is 1. The summed E-state index contributed by atoms with van der Waals surface area (Å²) in [7, 11) is 0. The molecule has 0 saturated heterocycles. The van der Waals surface area contributed by atoms with Gasteiger partial charge in [0.2, 0.25) is 0 Å². The van der Waals surface area contributed by atoms with E-state index in [1.807, 2.05) is 25.1 Å². The smallest absolute Gasteiger partial charge is 0.348 e. The standard InChI is InChI=1S/C23H23N3O2S/c1-3-28-23(27)21-19(18(13-24)22(25)29-21)14-26-20(16-7-5-4-6-8-16)17-11-9-15(2)10-12-17/h4-12,20,26H,3,14,25H2,1-2H3/t20-/m1/s1. The lowest BCUT2D eigenvalue weighted by Crippen LogP contribution is -2.23. The molecule has 5 nitrogen and oxygen atoms in total. The highest BCUT2D eigenvalue weighted by Gasteiger charge is 2.24. The molecule has 6 heteroatoms. The van der Waals surface area contributed by atoms with Crippen molar-refractivity contribution >= 4 is 22.3 Å². The molecule has 0 amide bonds. The Labute approximate surface area is 174 Å². The van der Waals surface area contributed by atoms with Crippen LogP contribution >= 0.6 is 11.3 Å². The molecule has 3 N–H and O–H groups in total.